The van der Waals surface area contributed by atoms with Gasteiger partial charge in [0.1, 0.15) is 12.0 Å². The van der Waals surface area contributed by atoms with Crippen LogP contribution in [-0.2, 0) is 32.5 Å². The van der Waals surface area contributed by atoms with Crippen LogP contribution in [0.25, 0.3) is 11.1 Å². The third-order valence-corrected chi connectivity index (χ3v) is 13.5. The van der Waals surface area contributed by atoms with Crippen molar-refractivity contribution in [3.8, 4) is 16.9 Å². The first kappa shape index (κ1) is 47.5. The second-order valence-electron chi connectivity index (χ2n) is 15.3. The molecule has 0 aliphatic carbocycles. The molecule has 1 heterocycles. The molecule has 1 aliphatic rings. The number of carbonyl (C=O) groups excluding carboxylic acids is 2. The number of amides is 1. The van der Waals surface area contributed by atoms with E-state index in [0.717, 1.165) is 59.8 Å². The van der Waals surface area contributed by atoms with Crippen LogP contribution in [0.2, 0.25) is 5.02 Å². The minimum Gasteiger partial charge on any atom is -0.497 e. The summed E-state index contributed by atoms with van der Waals surface area (Å²) >= 11 is 7.79. The number of thioether (sulfide) groups is 1. The average molecular weight is 915 g/mol. The number of carbonyl (C=O) groups is 2. The molecule has 0 aromatic heterocycles. The number of methoxy groups -OCH3 is 1. The number of rotatable bonds is 24. The van der Waals surface area contributed by atoms with E-state index in [1.54, 1.807) is 49.2 Å². The maximum Gasteiger partial charge on any atom is 0.264 e. The lowest BCUT2D eigenvalue weighted by Crippen LogP contribution is -2.39. The second-order valence-corrected chi connectivity index (χ2v) is 18.5. The molecule has 5 aromatic rings. The fraction of sp³-hybridized carbons (Fsp3) is 0.333. The largest absolute Gasteiger partial charge is 0.497 e. The normalized spacial score (nSPS) is 14.1. The number of sulfonamides is 1. The van der Waals surface area contributed by atoms with Gasteiger partial charge >= 0.3 is 0 Å². The van der Waals surface area contributed by atoms with Gasteiger partial charge in [-0.25, -0.2) is 13.1 Å². The number of ether oxygens (including phenoxy) is 2. The summed E-state index contributed by atoms with van der Waals surface area (Å²) in [6, 6.07) is 35.1. The Labute approximate surface area is 380 Å². The topological polar surface area (TPSA) is 158 Å². The zero-order valence-electron chi connectivity index (χ0n) is 35.4. The maximum atomic E-state index is 13.7. The van der Waals surface area contributed by atoms with E-state index in [4.69, 9.17) is 21.1 Å². The number of aliphatic hydroxyl groups is 1. The summed E-state index contributed by atoms with van der Waals surface area (Å²) in [7, 11) is -2.67. The predicted octanol–water partition coefficient (Wildman–Crippen LogP) is 7.51. The van der Waals surface area contributed by atoms with Gasteiger partial charge in [-0.2, -0.15) is 0 Å². The minimum atomic E-state index is -4.31. The van der Waals surface area contributed by atoms with Gasteiger partial charge in [0, 0.05) is 90.8 Å². The zero-order chi connectivity index (χ0) is 44.4. The first-order valence-electron chi connectivity index (χ1n) is 21.1. The van der Waals surface area contributed by atoms with Crippen molar-refractivity contribution in [1.82, 2.24) is 14.9 Å². The third kappa shape index (κ3) is 14.8. The first-order chi connectivity index (χ1) is 30.6. The van der Waals surface area contributed by atoms with Crippen LogP contribution >= 0.6 is 23.4 Å². The molecule has 6 rings (SSSR count). The highest BCUT2D eigenvalue weighted by Gasteiger charge is 2.23. The lowest BCUT2D eigenvalue weighted by molar-refractivity contribution is -0.108. The standard InChI is InChI=1S/C48H56ClN5O7S2/c1-60-43-16-18-44(19-17-43)62-34-41(22-25-54-26-29-61-30-27-54)52-47-21-20-45(32-38(47)31-42(56)6-4-28-55)63(58,59)53-48(57)36-10-14-40(15-11-36)51-24-23-50-33-37-5-2-3-7-46(37)35-8-12-39(49)13-9-35/h2-3,5,7-21,28,32,41-42,50-52,56H,4,6,22-27,29-31,33-34H2,1H3,(H,53,57)/t41-,42?/m1/s1. The number of nitrogens with one attached hydrogen (secondary N) is 4. The van der Waals surface area contributed by atoms with Crippen molar-refractivity contribution in [2.24, 2.45) is 0 Å². The highest BCUT2D eigenvalue weighted by molar-refractivity contribution is 7.99. The quantitative estimate of drug-likeness (QED) is 0.0236. The summed E-state index contributed by atoms with van der Waals surface area (Å²) in [5.41, 5.74) is 5.60. The molecule has 0 spiro atoms. The molecule has 1 aliphatic heterocycles. The number of hydrogen-bond donors (Lipinski definition) is 5. The van der Waals surface area contributed by atoms with Crippen molar-refractivity contribution >= 4 is 57.0 Å². The van der Waals surface area contributed by atoms with Crippen LogP contribution in [0.5, 0.6) is 5.75 Å². The number of anilines is 2. The number of morpholine rings is 1. The van der Waals surface area contributed by atoms with E-state index in [1.165, 1.54) is 17.7 Å². The van der Waals surface area contributed by atoms with Crippen LogP contribution in [-0.4, -0.2) is 102 Å². The van der Waals surface area contributed by atoms with Gasteiger partial charge in [0.05, 0.1) is 31.3 Å². The minimum absolute atomic E-state index is 0.0232. The van der Waals surface area contributed by atoms with Crippen molar-refractivity contribution in [2.75, 3.05) is 69.4 Å². The average Bonchev–Trinajstić information content (AvgIpc) is 3.30. The molecule has 63 heavy (non-hydrogen) atoms. The van der Waals surface area contributed by atoms with Gasteiger partial charge in [-0.3, -0.25) is 9.69 Å². The summed E-state index contributed by atoms with van der Waals surface area (Å²) in [6.45, 7) is 5.91. The lowest BCUT2D eigenvalue weighted by atomic mass is 10.00. The number of aliphatic hydroxyl groups excluding tert-OH is 1. The lowest BCUT2D eigenvalue weighted by Gasteiger charge is -2.29. The Bertz CT molecular complexity index is 2330. The molecule has 0 bridgehead atoms. The molecular formula is C48H56ClN5O7S2. The van der Waals surface area contributed by atoms with Crippen LogP contribution in [0.4, 0.5) is 11.4 Å². The fourth-order valence-corrected chi connectivity index (χ4v) is 9.32. The first-order valence-corrected chi connectivity index (χ1v) is 24.0. The Morgan fingerprint density at radius 2 is 1.67 bits per heavy atom. The Balaban J connectivity index is 1.07. The highest BCUT2D eigenvalue weighted by Crippen LogP contribution is 2.29. The monoisotopic (exact) mass is 913 g/mol. The molecule has 12 nitrogen and oxygen atoms in total. The van der Waals surface area contributed by atoms with Crippen LogP contribution in [0, 0.1) is 0 Å². The predicted molar refractivity (Wildman–Crippen MR) is 253 cm³/mol. The molecule has 1 saturated heterocycles. The fourth-order valence-electron chi connectivity index (χ4n) is 7.20. The van der Waals surface area contributed by atoms with Gasteiger partial charge in [0.2, 0.25) is 0 Å². The van der Waals surface area contributed by atoms with Crippen LogP contribution in [0.1, 0.15) is 40.7 Å². The maximum absolute atomic E-state index is 13.7. The van der Waals surface area contributed by atoms with Gasteiger partial charge in [0.15, 0.2) is 0 Å². The van der Waals surface area contributed by atoms with E-state index in [9.17, 15) is 23.1 Å². The van der Waals surface area contributed by atoms with Gasteiger partial charge in [0.25, 0.3) is 15.9 Å². The molecule has 15 heteroatoms. The van der Waals surface area contributed by atoms with E-state index in [1.807, 2.05) is 60.7 Å². The van der Waals surface area contributed by atoms with Crippen LogP contribution in [0.15, 0.2) is 125 Å². The van der Waals surface area contributed by atoms with Gasteiger partial charge < -0.3 is 35.3 Å². The Kier molecular flexibility index (Phi) is 18.3. The number of nitrogens with zero attached hydrogens (tertiary/aromatic N) is 1. The Hall–Kier alpha value is -4.93. The molecule has 0 saturated carbocycles. The SMILES string of the molecule is COc1ccc(SC[C@@H](CCN2CCOCC2)Nc2ccc(S(=O)(=O)NC(=O)c3ccc(NCCNCc4ccccc4-c4ccc(Cl)cc4)cc3)cc2CC(O)CCC=O)cc1. The van der Waals surface area contributed by atoms with Crippen LogP contribution in [0.3, 0.4) is 0 Å². The number of halogens is 1. The summed E-state index contributed by atoms with van der Waals surface area (Å²) in [5.74, 6) is 0.725. The van der Waals surface area contributed by atoms with E-state index in [0.29, 0.717) is 54.9 Å². The molecule has 2 atom stereocenters. The summed E-state index contributed by atoms with van der Waals surface area (Å²) in [6.07, 6.45) is 1.18. The summed E-state index contributed by atoms with van der Waals surface area (Å²) in [5, 5.41) is 22.1. The number of benzene rings is 5. The summed E-state index contributed by atoms with van der Waals surface area (Å²) < 4.78 is 40.5. The number of aldehydes is 1. The molecule has 1 unspecified atom stereocenters. The molecule has 334 valence electrons. The van der Waals surface area contributed by atoms with E-state index < -0.39 is 22.0 Å². The zero-order valence-corrected chi connectivity index (χ0v) is 37.8. The molecule has 1 fully saturated rings. The number of hydrogen-bond acceptors (Lipinski definition) is 12. The van der Waals surface area contributed by atoms with Gasteiger partial charge in [-0.15, -0.1) is 11.8 Å². The van der Waals surface area contributed by atoms with E-state index in [2.05, 4.69) is 37.7 Å². The van der Waals surface area contributed by atoms with Gasteiger partial charge in [-0.05, 0) is 114 Å². The molecular weight excluding hydrogens is 858 g/mol. The Morgan fingerprint density at radius 3 is 2.40 bits per heavy atom. The molecule has 1 amide bonds. The van der Waals surface area contributed by atoms with E-state index >= 15 is 0 Å². The van der Waals surface area contributed by atoms with Gasteiger partial charge in [-0.1, -0.05) is 48.0 Å². The molecule has 5 N–H and O–H groups in total. The van der Waals surface area contributed by atoms with Crippen molar-refractivity contribution < 1.29 is 32.6 Å². The van der Waals surface area contributed by atoms with E-state index in [-0.39, 0.29) is 35.8 Å². The Morgan fingerprint density at radius 1 is 0.921 bits per heavy atom. The summed E-state index contributed by atoms with van der Waals surface area (Å²) in [4.78, 5) is 27.8. The molecule has 0 radical (unpaired) electrons. The van der Waals surface area contributed by atoms with Crippen molar-refractivity contribution in [2.45, 2.75) is 54.2 Å². The second kappa shape index (κ2) is 24.2. The molecule has 5 aromatic carbocycles. The van der Waals surface area contributed by atoms with Crippen LogP contribution < -0.4 is 25.4 Å². The smallest absolute Gasteiger partial charge is 0.264 e. The van der Waals surface area contributed by atoms with Crippen molar-refractivity contribution in [1.29, 1.82) is 0 Å². The van der Waals surface area contributed by atoms with Crippen molar-refractivity contribution in [3.05, 3.63) is 137 Å². The van der Waals surface area contributed by atoms with Crippen molar-refractivity contribution in [3.63, 3.8) is 0 Å². The highest BCUT2D eigenvalue weighted by atomic mass is 35.5. The third-order valence-electron chi connectivity index (χ3n) is 10.7.